The lowest BCUT2D eigenvalue weighted by Crippen LogP contribution is -2.24. The number of hydrogen-bond acceptors (Lipinski definition) is 7. The number of halogens is 1. The molecule has 0 fully saturated rings. The van der Waals surface area contributed by atoms with Crippen molar-refractivity contribution in [3.8, 4) is 17.2 Å². The number of carbonyl (C=O) groups excluding carboxylic acids is 2. The predicted molar refractivity (Wildman–Crippen MR) is 115 cm³/mol. The summed E-state index contributed by atoms with van der Waals surface area (Å²) in [7, 11) is 0. The van der Waals surface area contributed by atoms with Crippen molar-refractivity contribution in [2.75, 3.05) is 6.61 Å². The SMILES string of the molecule is CCOC(=O)c1s/c(=N/NC(=O)c2cc(O)ccc2O)n(-c2ccc(Br)cc2)c1C. The summed E-state index contributed by atoms with van der Waals surface area (Å²) in [5, 5.41) is 23.6. The summed E-state index contributed by atoms with van der Waals surface area (Å²) < 4.78 is 7.72. The molecular formula is C20H18BrN3O5S. The zero-order valence-electron chi connectivity index (χ0n) is 16.0. The lowest BCUT2D eigenvalue weighted by Gasteiger charge is -2.07. The molecule has 0 atom stereocenters. The van der Waals surface area contributed by atoms with Gasteiger partial charge in [0.2, 0.25) is 4.80 Å². The van der Waals surface area contributed by atoms with Gasteiger partial charge in [0.15, 0.2) is 0 Å². The number of benzene rings is 2. The number of nitrogens with zero attached hydrogens (tertiary/aromatic N) is 2. The average molecular weight is 492 g/mol. The van der Waals surface area contributed by atoms with Gasteiger partial charge in [0.05, 0.1) is 12.2 Å². The molecule has 1 amide bonds. The largest absolute Gasteiger partial charge is 0.508 e. The van der Waals surface area contributed by atoms with Crippen molar-refractivity contribution >= 4 is 39.1 Å². The van der Waals surface area contributed by atoms with Gasteiger partial charge in [-0.15, -0.1) is 5.10 Å². The van der Waals surface area contributed by atoms with Gasteiger partial charge in [0, 0.05) is 15.9 Å². The second-order valence-corrected chi connectivity index (χ2v) is 7.98. The Labute approximate surface area is 184 Å². The van der Waals surface area contributed by atoms with E-state index >= 15 is 0 Å². The Morgan fingerprint density at radius 1 is 1.20 bits per heavy atom. The van der Waals surface area contributed by atoms with Gasteiger partial charge < -0.3 is 14.9 Å². The van der Waals surface area contributed by atoms with E-state index in [9.17, 15) is 19.8 Å². The van der Waals surface area contributed by atoms with E-state index in [2.05, 4.69) is 26.5 Å². The fraction of sp³-hybridized carbons (Fsp3) is 0.150. The molecular weight excluding hydrogens is 474 g/mol. The van der Waals surface area contributed by atoms with Crippen molar-refractivity contribution in [3.05, 3.63) is 67.9 Å². The highest BCUT2D eigenvalue weighted by Gasteiger charge is 2.19. The molecule has 3 N–H and O–H groups in total. The zero-order chi connectivity index (χ0) is 21.8. The summed E-state index contributed by atoms with van der Waals surface area (Å²) in [6, 6.07) is 11.0. The Morgan fingerprint density at radius 3 is 2.57 bits per heavy atom. The van der Waals surface area contributed by atoms with Crippen LogP contribution in [-0.4, -0.2) is 33.3 Å². The van der Waals surface area contributed by atoms with Crippen LogP contribution < -0.4 is 10.2 Å². The van der Waals surface area contributed by atoms with Crippen LogP contribution in [0.1, 0.15) is 32.6 Å². The number of phenols is 2. The normalized spacial score (nSPS) is 11.4. The smallest absolute Gasteiger partial charge is 0.350 e. The zero-order valence-corrected chi connectivity index (χ0v) is 18.5. The van der Waals surface area contributed by atoms with Crippen LogP contribution in [0.2, 0.25) is 0 Å². The van der Waals surface area contributed by atoms with Gasteiger partial charge in [-0.2, -0.15) is 0 Å². The molecule has 8 nitrogen and oxygen atoms in total. The van der Waals surface area contributed by atoms with Gasteiger partial charge >= 0.3 is 5.97 Å². The molecule has 0 aliphatic heterocycles. The highest BCUT2D eigenvalue weighted by atomic mass is 79.9. The van der Waals surface area contributed by atoms with E-state index in [1.807, 2.05) is 24.3 Å². The first-order valence-corrected chi connectivity index (χ1v) is 10.4. The number of phenolic OH excluding ortho intramolecular Hbond substituents is 2. The van der Waals surface area contributed by atoms with Gasteiger partial charge in [0.1, 0.15) is 16.4 Å². The van der Waals surface area contributed by atoms with Gasteiger partial charge in [0.25, 0.3) is 5.91 Å². The number of thiazole rings is 1. The number of amides is 1. The van der Waals surface area contributed by atoms with Crippen molar-refractivity contribution in [1.29, 1.82) is 0 Å². The molecule has 0 saturated heterocycles. The first-order chi connectivity index (χ1) is 14.3. The Morgan fingerprint density at radius 2 is 1.90 bits per heavy atom. The van der Waals surface area contributed by atoms with E-state index in [-0.39, 0.29) is 23.7 Å². The Hall–Kier alpha value is -3.11. The maximum Gasteiger partial charge on any atom is 0.350 e. The molecule has 0 unspecified atom stereocenters. The van der Waals surface area contributed by atoms with Crippen molar-refractivity contribution in [1.82, 2.24) is 9.99 Å². The molecule has 1 heterocycles. The number of carbonyl (C=O) groups is 2. The number of aromatic hydroxyl groups is 2. The Bertz CT molecular complexity index is 1170. The van der Waals surface area contributed by atoms with Crippen LogP contribution in [0.15, 0.2) is 52.0 Å². The first kappa shape index (κ1) is 21.6. The molecule has 0 saturated carbocycles. The number of ether oxygens (including phenoxy) is 1. The highest BCUT2D eigenvalue weighted by molar-refractivity contribution is 9.10. The van der Waals surface area contributed by atoms with Crippen LogP contribution in [0, 0.1) is 6.92 Å². The van der Waals surface area contributed by atoms with Gasteiger partial charge in [-0.1, -0.05) is 27.3 Å². The van der Waals surface area contributed by atoms with Gasteiger partial charge in [-0.25, -0.2) is 10.2 Å². The molecule has 156 valence electrons. The van der Waals surface area contributed by atoms with E-state index < -0.39 is 11.9 Å². The standard InChI is InChI=1S/C20H18BrN3O5S/c1-3-29-19(28)17-11(2)24(13-6-4-12(21)5-7-13)20(30-17)23-22-18(27)15-10-14(25)8-9-16(15)26/h4-10,25-26H,3H2,1-2H3,(H,22,27)/b23-20+. The second kappa shape index (κ2) is 9.14. The van der Waals surface area contributed by atoms with Gasteiger partial charge in [-0.3, -0.25) is 9.36 Å². The monoisotopic (exact) mass is 491 g/mol. The summed E-state index contributed by atoms with van der Waals surface area (Å²) in [4.78, 5) is 25.4. The van der Waals surface area contributed by atoms with E-state index in [0.29, 0.717) is 15.4 Å². The fourth-order valence-electron chi connectivity index (χ4n) is 2.67. The number of rotatable bonds is 5. The molecule has 1 aromatic heterocycles. The van der Waals surface area contributed by atoms with Crippen molar-refractivity contribution in [2.45, 2.75) is 13.8 Å². The average Bonchev–Trinajstić information content (AvgIpc) is 3.05. The van der Waals surface area contributed by atoms with Crippen molar-refractivity contribution in [2.24, 2.45) is 5.10 Å². The molecule has 10 heteroatoms. The van der Waals surface area contributed by atoms with Crippen LogP contribution in [0.25, 0.3) is 5.69 Å². The van der Waals surface area contributed by atoms with Crippen LogP contribution in [0.4, 0.5) is 0 Å². The van der Waals surface area contributed by atoms with E-state index in [1.54, 1.807) is 18.4 Å². The first-order valence-electron chi connectivity index (χ1n) is 8.83. The number of esters is 1. The van der Waals surface area contributed by atoms with Crippen molar-refractivity contribution in [3.63, 3.8) is 0 Å². The summed E-state index contributed by atoms with van der Waals surface area (Å²) in [6.45, 7) is 3.71. The Kier molecular flexibility index (Phi) is 6.58. The molecule has 0 radical (unpaired) electrons. The number of aromatic nitrogens is 1. The highest BCUT2D eigenvalue weighted by Crippen LogP contribution is 2.22. The van der Waals surface area contributed by atoms with Crippen molar-refractivity contribution < 1.29 is 24.5 Å². The van der Waals surface area contributed by atoms with E-state index in [1.165, 1.54) is 12.1 Å². The van der Waals surface area contributed by atoms with E-state index in [0.717, 1.165) is 27.6 Å². The number of hydrogen-bond donors (Lipinski definition) is 3. The minimum atomic E-state index is -0.713. The quantitative estimate of drug-likeness (QED) is 0.287. The third-order valence-corrected chi connectivity index (χ3v) is 5.72. The molecule has 2 aromatic carbocycles. The lowest BCUT2D eigenvalue weighted by atomic mass is 10.2. The summed E-state index contributed by atoms with van der Waals surface area (Å²) in [5.41, 5.74) is 3.57. The molecule has 3 aromatic rings. The van der Waals surface area contributed by atoms with Crippen LogP contribution in [0.5, 0.6) is 11.5 Å². The topological polar surface area (TPSA) is 113 Å². The number of nitrogens with one attached hydrogen (secondary N) is 1. The lowest BCUT2D eigenvalue weighted by molar-refractivity contribution is 0.0530. The second-order valence-electron chi connectivity index (χ2n) is 6.09. The summed E-state index contributed by atoms with van der Waals surface area (Å²) >= 11 is 4.45. The van der Waals surface area contributed by atoms with Crippen LogP contribution in [0.3, 0.4) is 0 Å². The molecule has 0 spiro atoms. The molecule has 0 aliphatic rings. The maximum absolute atomic E-state index is 12.4. The fourth-order valence-corrected chi connectivity index (χ4v) is 3.93. The maximum atomic E-state index is 12.4. The Balaban J connectivity index is 2.06. The minimum Gasteiger partial charge on any atom is -0.508 e. The van der Waals surface area contributed by atoms with E-state index in [4.69, 9.17) is 4.74 Å². The minimum absolute atomic E-state index is 0.132. The van der Waals surface area contributed by atoms with Crippen LogP contribution in [-0.2, 0) is 4.74 Å². The molecule has 0 aliphatic carbocycles. The third-order valence-electron chi connectivity index (χ3n) is 4.07. The predicted octanol–water partition coefficient (Wildman–Crippen LogP) is 3.44. The molecule has 3 rings (SSSR count). The molecule has 0 bridgehead atoms. The third kappa shape index (κ3) is 4.55. The van der Waals surface area contributed by atoms with Crippen LogP contribution >= 0.6 is 27.3 Å². The van der Waals surface area contributed by atoms with Gasteiger partial charge in [-0.05, 0) is 56.3 Å². The summed E-state index contributed by atoms with van der Waals surface area (Å²) in [5.74, 6) is -1.66. The summed E-state index contributed by atoms with van der Waals surface area (Å²) in [6.07, 6.45) is 0. The molecule has 30 heavy (non-hydrogen) atoms.